The summed E-state index contributed by atoms with van der Waals surface area (Å²) in [4.78, 5) is 12.3. The third-order valence-corrected chi connectivity index (χ3v) is 5.96. The number of esters is 1. The van der Waals surface area contributed by atoms with Gasteiger partial charge in [0, 0.05) is 0 Å². The lowest BCUT2D eigenvalue weighted by atomic mass is 9.97. The minimum atomic E-state index is -0.205. The number of carbonyl (C=O) groups excluding carboxylic acids is 1. The van der Waals surface area contributed by atoms with E-state index < -0.39 is 0 Å². The molecule has 0 heterocycles. The maximum absolute atomic E-state index is 12.3. The van der Waals surface area contributed by atoms with Crippen LogP contribution < -0.4 is 0 Å². The summed E-state index contributed by atoms with van der Waals surface area (Å²) in [6.07, 6.45) is 22.9. The molecule has 192 valence electrons. The number of hydrogen-bond donors (Lipinski definition) is 0. The summed E-state index contributed by atoms with van der Waals surface area (Å²) in [7, 11) is 1.48. The maximum atomic E-state index is 12.3. The van der Waals surface area contributed by atoms with E-state index in [0.29, 0.717) is 6.42 Å². The Morgan fingerprint density at radius 3 is 1.38 bits per heavy atom. The second-order valence-electron chi connectivity index (χ2n) is 10.2. The standard InChI is InChI=1S/C32H52O2/c1-25(2)14-10-16-27(5)18-12-20-29(7)22-23-31(32(33)34-9)24-30(8)21-13-19-28(6)17-11-15-26(3)4/h14-15,18-19,22,24,31H,10-13,16-17,20-21,23H2,1-9H3. The van der Waals surface area contributed by atoms with Crippen molar-refractivity contribution in [3.8, 4) is 0 Å². The first-order valence-electron chi connectivity index (χ1n) is 13.0. The zero-order valence-corrected chi connectivity index (χ0v) is 23.7. The Balaban J connectivity index is 4.74. The molecule has 2 nitrogen and oxygen atoms in total. The molecule has 0 aliphatic carbocycles. The molecule has 0 N–H and O–H groups in total. The summed E-state index contributed by atoms with van der Waals surface area (Å²) in [5.74, 6) is -0.351. The zero-order valence-electron chi connectivity index (χ0n) is 23.7. The van der Waals surface area contributed by atoms with Gasteiger partial charge in [-0.05, 0) is 113 Å². The molecule has 0 fully saturated rings. The quantitative estimate of drug-likeness (QED) is 0.166. The smallest absolute Gasteiger partial charge is 0.312 e. The number of ether oxygens (including phenoxy) is 1. The summed E-state index contributed by atoms with van der Waals surface area (Å²) < 4.78 is 5.07. The van der Waals surface area contributed by atoms with Crippen LogP contribution in [0.4, 0.5) is 0 Å². The average Bonchev–Trinajstić information content (AvgIpc) is 2.75. The predicted octanol–water partition coefficient (Wildman–Crippen LogP) is 10.0. The average molecular weight is 469 g/mol. The van der Waals surface area contributed by atoms with E-state index in [9.17, 15) is 4.79 Å². The lowest BCUT2D eigenvalue weighted by molar-refractivity contribution is -0.143. The van der Waals surface area contributed by atoms with E-state index in [1.807, 2.05) is 0 Å². The second-order valence-corrected chi connectivity index (χ2v) is 10.2. The third kappa shape index (κ3) is 18.3. The van der Waals surface area contributed by atoms with E-state index in [0.717, 1.165) is 51.4 Å². The van der Waals surface area contributed by atoms with Gasteiger partial charge in [-0.3, -0.25) is 4.79 Å². The topological polar surface area (TPSA) is 26.3 Å². The Bertz CT molecular complexity index is 776. The van der Waals surface area contributed by atoms with Crippen molar-refractivity contribution < 1.29 is 9.53 Å². The summed E-state index contributed by atoms with van der Waals surface area (Å²) in [6.45, 7) is 17.3. The minimum Gasteiger partial charge on any atom is -0.469 e. The Morgan fingerprint density at radius 2 is 0.971 bits per heavy atom. The lowest BCUT2D eigenvalue weighted by Crippen LogP contribution is -2.14. The van der Waals surface area contributed by atoms with Gasteiger partial charge in [-0.2, -0.15) is 0 Å². The molecule has 2 heteroatoms. The van der Waals surface area contributed by atoms with Crippen LogP contribution in [-0.4, -0.2) is 13.1 Å². The van der Waals surface area contributed by atoms with Crippen molar-refractivity contribution in [1.29, 1.82) is 0 Å². The normalized spacial score (nSPS) is 14.0. The van der Waals surface area contributed by atoms with Gasteiger partial charge in [-0.15, -0.1) is 0 Å². The van der Waals surface area contributed by atoms with E-state index in [1.54, 1.807) is 0 Å². The molecule has 0 saturated carbocycles. The molecule has 0 aromatic heterocycles. The molecule has 0 bridgehead atoms. The molecule has 0 aliphatic rings. The molecule has 0 aliphatic heterocycles. The first-order valence-corrected chi connectivity index (χ1v) is 13.0. The highest BCUT2D eigenvalue weighted by Gasteiger charge is 2.15. The van der Waals surface area contributed by atoms with Crippen LogP contribution in [0.2, 0.25) is 0 Å². The van der Waals surface area contributed by atoms with Crippen LogP contribution in [0.25, 0.3) is 0 Å². The summed E-state index contributed by atoms with van der Waals surface area (Å²) in [5, 5.41) is 0. The Hall–Kier alpha value is -2.09. The Morgan fingerprint density at radius 1 is 0.588 bits per heavy atom. The second kappa shape index (κ2) is 19.2. The monoisotopic (exact) mass is 468 g/mol. The Kier molecular flexibility index (Phi) is 18.1. The van der Waals surface area contributed by atoms with Gasteiger partial charge < -0.3 is 4.74 Å². The van der Waals surface area contributed by atoms with Crippen molar-refractivity contribution in [1.82, 2.24) is 0 Å². The van der Waals surface area contributed by atoms with Crippen molar-refractivity contribution >= 4 is 5.97 Å². The zero-order chi connectivity index (χ0) is 25.9. The minimum absolute atomic E-state index is 0.146. The van der Waals surface area contributed by atoms with Crippen LogP contribution in [0.5, 0.6) is 0 Å². The number of rotatable bonds is 16. The van der Waals surface area contributed by atoms with Crippen molar-refractivity contribution in [2.24, 2.45) is 5.92 Å². The number of hydrogen-bond acceptors (Lipinski definition) is 2. The van der Waals surface area contributed by atoms with Crippen molar-refractivity contribution in [3.63, 3.8) is 0 Å². The molecule has 0 rings (SSSR count). The van der Waals surface area contributed by atoms with Gasteiger partial charge in [0.15, 0.2) is 0 Å². The summed E-state index contributed by atoms with van der Waals surface area (Å²) in [5.41, 5.74) is 8.25. The first-order chi connectivity index (χ1) is 16.0. The molecule has 1 atom stereocenters. The number of carbonyl (C=O) groups is 1. The Labute approximate surface area is 211 Å². The van der Waals surface area contributed by atoms with Gasteiger partial charge >= 0.3 is 5.97 Å². The summed E-state index contributed by atoms with van der Waals surface area (Å²) in [6, 6.07) is 0. The molecule has 34 heavy (non-hydrogen) atoms. The third-order valence-electron chi connectivity index (χ3n) is 5.96. The fraction of sp³-hybridized carbons (Fsp3) is 0.594. The van der Waals surface area contributed by atoms with E-state index in [4.69, 9.17) is 4.74 Å². The van der Waals surface area contributed by atoms with Crippen molar-refractivity contribution in [2.45, 2.75) is 113 Å². The molecule has 0 radical (unpaired) electrons. The predicted molar refractivity (Wildman–Crippen MR) is 151 cm³/mol. The van der Waals surface area contributed by atoms with Gasteiger partial charge in [0.1, 0.15) is 0 Å². The van der Waals surface area contributed by atoms with Crippen LogP contribution in [0.3, 0.4) is 0 Å². The molecule has 0 aromatic rings. The number of allylic oxidation sites excluding steroid dienone is 11. The van der Waals surface area contributed by atoms with E-state index >= 15 is 0 Å². The number of methoxy groups -OCH3 is 1. The lowest BCUT2D eigenvalue weighted by Gasteiger charge is -2.11. The summed E-state index contributed by atoms with van der Waals surface area (Å²) >= 11 is 0. The molecule has 0 amide bonds. The molecule has 0 aromatic carbocycles. The molecule has 0 saturated heterocycles. The van der Waals surface area contributed by atoms with E-state index in [2.05, 4.69) is 91.8 Å². The van der Waals surface area contributed by atoms with Crippen molar-refractivity contribution in [3.05, 3.63) is 69.9 Å². The van der Waals surface area contributed by atoms with Crippen LogP contribution in [0.1, 0.15) is 113 Å². The highest BCUT2D eigenvalue weighted by atomic mass is 16.5. The van der Waals surface area contributed by atoms with Crippen molar-refractivity contribution in [2.75, 3.05) is 7.11 Å². The molecule has 1 unspecified atom stereocenters. The van der Waals surface area contributed by atoms with Crippen LogP contribution >= 0.6 is 0 Å². The van der Waals surface area contributed by atoms with Crippen LogP contribution in [0.15, 0.2) is 69.9 Å². The maximum Gasteiger partial charge on any atom is 0.312 e. The van der Waals surface area contributed by atoms with Gasteiger partial charge in [-0.1, -0.05) is 69.9 Å². The largest absolute Gasteiger partial charge is 0.469 e. The molecule has 0 spiro atoms. The van der Waals surface area contributed by atoms with Gasteiger partial charge in [-0.25, -0.2) is 0 Å². The fourth-order valence-corrected chi connectivity index (χ4v) is 3.71. The highest BCUT2D eigenvalue weighted by molar-refractivity contribution is 5.74. The van der Waals surface area contributed by atoms with E-state index in [-0.39, 0.29) is 11.9 Å². The van der Waals surface area contributed by atoms with E-state index in [1.165, 1.54) is 40.5 Å². The highest BCUT2D eigenvalue weighted by Crippen LogP contribution is 2.19. The first kappa shape index (κ1) is 31.9. The SMILES string of the molecule is COC(=O)C(C=C(C)CCC=C(C)CCC=C(C)C)CC=C(C)CCC=C(C)CCC=C(C)C. The fourth-order valence-electron chi connectivity index (χ4n) is 3.71. The van der Waals surface area contributed by atoms with Gasteiger partial charge in [0.25, 0.3) is 0 Å². The van der Waals surface area contributed by atoms with Crippen LogP contribution in [-0.2, 0) is 9.53 Å². The molecular formula is C32H52O2. The molecular weight excluding hydrogens is 416 g/mol. The van der Waals surface area contributed by atoms with Gasteiger partial charge in [0.05, 0.1) is 13.0 Å². The van der Waals surface area contributed by atoms with Gasteiger partial charge in [0.2, 0.25) is 0 Å². The van der Waals surface area contributed by atoms with Crippen LogP contribution in [0, 0.1) is 5.92 Å².